The predicted octanol–water partition coefficient (Wildman–Crippen LogP) is 2.81. The van der Waals surface area contributed by atoms with Crippen LogP contribution in [-0.4, -0.2) is 63.6 Å². The van der Waals surface area contributed by atoms with Crippen LogP contribution in [-0.2, 0) is 21.2 Å². The van der Waals surface area contributed by atoms with E-state index in [0.29, 0.717) is 12.0 Å². The van der Waals surface area contributed by atoms with Crippen molar-refractivity contribution in [2.75, 3.05) is 38.2 Å². The molecule has 0 bridgehead atoms. The molecule has 1 heterocycles. The molecular formula is C22H24F3N3O5S. The predicted molar refractivity (Wildman–Crippen MR) is 118 cm³/mol. The number of anilines is 1. The number of alkyl halides is 3. The van der Waals surface area contributed by atoms with Gasteiger partial charge < -0.3 is 15.4 Å². The van der Waals surface area contributed by atoms with Crippen LogP contribution in [0.5, 0.6) is 0 Å². The highest BCUT2D eigenvalue weighted by atomic mass is 32.2. The number of amides is 2. The second-order valence-corrected chi connectivity index (χ2v) is 9.40. The van der Waals surface area contributed by atoms with Gasteiger partial charge in [-0.2, -0.15) is 17.5 Å². The number of aryl methyl sites for hydroxylation is 1. The summed E-state index contributed by atoms with van der Waals surface area (Å²) in [5.41, 5.74) is 0.389. The minimum Gasteiger partial charge on any atom is -0.379 e. The van der Waals surface area contributed by atoms with Crippen LogP contribution in [0.4, 0.5) is 18.9 Å². The summed E-state index contributed by atoms with van der Waals surface area (Å²) in [6.07, 6.45) is -4.17. The van der Waals surface area contributed by atoms with Gasteiger partial charge in [0.05, 0.1) is 29.4 Å². The first kappa shape index (κ1) is 25.7. The molecule has 1 aliphatic heterocycles. The van der Waals surface area contributed by atoms with Crippen molar-refractivity contribution in [1.82, 2.24) is 9.62 Å². The Hall–Kier alpha value is -2.96. The van der Waals surface area contributed by atoms with E-state index in [-0.39, 0.29) is 48.0 Å². The maximum Gasteiger partial charge on any atom is 0.405 e. The van der Waals surface area contributed by atoms with E-state index >= 15 is 0 Å². The third kappa shape index (κ3) is 6.13. The Kier molecular flexibility index (Phi) is 7.95. The van der Waals surface area contributed by atoms with E-state index in [1.165, 1.54) is 40.7 Å². The summed E-state index contributed by atoms with van der Waals surface area (Å²) in [5.74, 6) is -1.72. The fraction of sp³-hybridized carbons (Fsp3) is 0.364. The fourth-order valence-corrected chi connectivity index (χ4v) is 5.14. The molecule has 3 rings (SSSR count). The molecule has 0 aromatic heterocycles. The summed E-state index contributed by atoms with van der Waals surface area (Å²) < 4.78 is 70.2. The number of benzene rings is 2. The average molecular weight is 500 g/mol. The second kappa shape index (κ2) is 10.5. The van der Waals surface area contributed by atoms with Crippen molar-refractivity contribution in [3.8, 4) is 0 Å². The summed E-state index contributed by atoms with van der Waals surface area (Å²) in [5, 5.41) is 4.25. The number of carbonyl (C=O) groups is 2. The number of ether oxygens (including phenoxy) is 1. The zero-order valence-corrected chi connectivity index (χ0v) is 19.1. The lowest BCUT2D eigenvalue weighted by Crippen LogP contribution is -2.41. The first-order valence-corrected chi connectivity index (χ1v) is 11.9. The van der Waals surface area contributed by atoms with Gasteiger partial charge >= 0.3 is 6.18 Å². The summed E-state index contributed by atoms with van der Waals surface area (Å²) in [6, 6.07) is 9.86. The lowest BCUT2D eigenvalue weighted by Gasteiger charge is -2.27. The number of nitrogens with one attached hydrogen (secondary N) is 2. The zero-order chi connectivity index (χ0) is 24.9. The molecule has 0 aliphatic carbocycles. The molecule has 2 aromatic rings. The normalized spacial score (nSPS) is 15.1. The number of carbonyl (C=O) groups excluding carboxylic acids is 2. The Morgan fingerprint density at radius 1 is 1.06 bits per heavy atom. The summed E-state index contributed by atoms with van der Waals surface area (Å²) in [7, 11) is -3.87. The highest BCUT2D eigenvalue weighted by Gasteiger charge is 2.30. The average Bonchev–Trinajstić information content (AvgIpc) is 2.82. The van der Waals surface area contributed by atoms with Crippen molar-refractivity contribution < 1.29 is 35.9 Å². The van der Waals surface area contributed by atoms with E-state index < -0.39 is 34.6 Å². The topological polar surface area (TPSA) is 105 Å². The lowest BCUT2D eigenvalue weighted by atomic mass is 10.1. The number of morpholine rings is 1. The minimum atomic E-state index is -4.59. The number of halogens is 3. The van der Waals surface area contributed by atoms with Gasteiger partial charge in [-0.15, -0.1) is 0 Å². The van der Waals surface area contributed by atoms with Gasteiger partial charge in [0.25, 0.3) is 11.8 Å². The number of para-hydroxylation sites is 1. The van der Waals surface area contributed by atoms with Crippen LogP contribution < -0.4 is 10.6 Å². The Labute approximate surface area is 195 Å². The monoisotopic (exact) mass is 499 g/mol. The van der Waals surface area contributed by atoms with Crippen molar-refractivity contribution in [2.24, 2.45) is 0 Å². The van der Waals surface area contributed by atoms with Crippen LogP contribution in [0.25, 0.3) is 0 Å². The van der Waals surface area contributed by atoms with Gasteiger partial charge in [-0.25, -0.2) is 8.42 Å². The molecule has 1 aliphatic rings. The molecule has 2 amide bonds. The molecular weight excluding hydrogens is 475 g/mol. The molecule has 12 heteroatoms. The van der Waals surface area contributed by atoms with Gasteiger partial charge in [0, 0.05) is 18.7 Å². The molecule has 2 N–H and O–H groups in total. The SMILES string of the molecule is CCc1ccc(C(=O)Nc2ccccc2C(=O)NCC(F)(F)F)cc1S(=O)(=O)N1CCOCC1. The van der Waals surface area contributed by atoms with Crippen molar-refractivity contribution in [3.63, 3.8) is 0 Å². The standard InChI is InChI=1S/C22H24F3N3O5S/c1-2-15-7-8-16(13-19(15)34(31,32)28-9-11-33-12-10-28)20(29)27-18-6-4-3-5-17(18)21(30)26-14-22(23,24)25/h3-8,13H,2,9-12,14H2,1H3,(H,26,30)(H,27,29). The first-order valence-electron chi connectivity index (χ1n) is 10.5. The van der Waals surface area contributed by atoms with E-state index in [1.54, 1.807) is 18.3 Å². The number of hydrogen-bond acceptors (Lipinski definition) is 5. The summed E-state index contributed by atoms with van der Waals surface area (Å²) in [4.78, 5) is 25.1. The molecule has 0 saturated carbocycles. The Morgan fingerprint density at radius 3 is 2.38 bits per heavy atom. The number of hydrogen-bond donors (Lipinski definition) is 2. The smallest absolute Gasteiger partial charge is 0.379 e. The van der Waals surface area contributed by atoms with Crippen molar-refractivity contribution >= 4 is 27.5 Å². The molecule has 0 atom stereocenters. The van der Waals surface area contributed by atoms with E-state index in [2.05, 4.69) is 5.32 Å². The minimum absolute atomic E-state index is 0.000699. The highest BCUT2D eigenvalue weighted by molar-refractivity contribution is 7.89. The van der Waals surface area contributed by atoms with E-state index in [0.717, 1.165) is 0 Å². The molecule has 0 spiro atoms. The van der Waals surface area contributed by atoms with Crippen molar-refractivity contribution in [1.29, 1.82) is 0 Å². The third-order valence-electron chi connectivity index (χ3n) is 5.17. The van der Waals surface area contributed by atoms with Gasteiger partial charge in [-0.1, -0.05) is 25.1 Å². The highest BCUT2D eigenvalue weighted by Crippen LogP contribution is 2.25. The number of nitrogens with zero attached hydrogens (tertiary/aromatic N) is 1. The van der Waals surface area contributed by atoms with Crippen LogP contribution in [0.3, 0.4) is 0 Å². The van der Waals surface area contributed by atoms with Gasteiger partial charge in [0.15, 0.2) is 0 Å². The molecule has 1 saturated heterocycles. The van der Waals surface area contributed by atoms with Crippen LogP contribution in [0.2, 0.25) is 0 Å². The molecule has 1 fully saturated rings. The van der Waals surface area contributed by atoms with Gasteiger partial charge in [0.1, 0.15) is 6.54 Å². The van der Waals surface area contributed by atoms with Gasteiger partial charge in [0.2, 0.25) is 10.0 Å². The van der Waals surface area contributed by atoms with Crippen LogP contribution in [0.1, 0.15) is 33.2 Å². The number of rotatable bonds is 7. The molecule has 0 unspecified atom stereocenters. The second-order valence-electron chi connectivity index (χ2n) is 7.49. The van der Waals surface area contributed by atoms with Crippen LogP contribution >= 0.6 is 0 Å². The molecule has 2 aromatic carbocycles. The molecule has 34 heavy (non-hydrogen) atoms. The van der Waals surface area contributed by atoms with Gasteiger partial charge in [-0.3, -0.25) is 9.59 Å². The first-order chi connectivity index (χ1) is 16.0. The Bertz CT molecular complexity index is 1160. The maximum absolute atomic E-state index is 13.2. The third-order valence-corrected chi connectivity index (χ3v) is 7.15. The van der Waals surface area contributed by atoms with Crippen molar-refractivity contribution in [2.45, 2.75) is 24.4 Å². The van der Waals surface area contributed by atoms with Crippen molar-refractivity contribution in [3.05, 3.63) is 59.2 Å². The fourth-order valence-electron chi connectivity index (χ4n) is 3.41. The zero-order valence-electron chi connectivity index (χ0n) is 18.3. The largest absolute Gasteiger partial charge is 0.405 e. The molecule has 184 valence electrons. The van der Waals surface area contributed by atoms with E-state index in [9.17, 15) is 31.2 Å². The number of sulfonamides is 1. The van der Waals surface area contributed by atoms with Crippen LogP contribution in [0, 0.1) is 0 Å². The summed E-state index contributed by atoms with van der Waals surface area (Å²) >= 11 is 0. The lowest BCUT2D eigenvalue weighted by molar-refractivity contribution is -0.123. The quantitative estimate of drug-likeness (QED) is 0.610. The maximum atomic E-state index is 13.2. The van der Waals surface area contributed by atoms with Gasteiger partial charge in [-0.05, 0) is 36.2 Å². The van der Waals surface area contributed by atoms with Crippen LogP contribution in [0.15, 0.2) is 47.4 Å². The van der Waals surface area contributed by atoms with E-state index in [1.807, 2.05) is 0 Å². The Balaban J connectivity index is 1.86. The molecule has 0 radical (unpaired) electrons. The summed E-state index contributed by atoms with van der Waals surface area (Å²) in [6.45, 7) is 1.21. The Morgan fingerprint density at radius 2 is 1.74 bits per heavy atom. The van der Waals surface area contributed by atoms with E-state index in [4.69, 9.17) is 4.74 Å². The molecule has 8 nitrogen and oxygen atoms in total.